The Labute approximate surface area is 108 Å². The summed E-state index contributed by atoms with van der Waals surface area (Å²) in [6, 6.07) is 4.97. The highest BCUT2D eigenvalue weighted by Crippen LogP contribution is 2.31. The minimum atomic E-state index is -3.45. The zero-order chi connectivity index (χ0) is 13.2. The van der Waals surface area contributed by atoms with E-state index in [1.807, 2.05) is 0 Å². The molecule has 4 nitrogen and oxygen atoms in total. The van der Waals surface area contributed by atoms with Gasteiger partial charge < -0.3 is 5.11 Å². The Kier molecular flexibility index (Phi) is 4.04. The lowest BCUT2D eigenvalue weighted by atomic mass is 10.1. The van der Waals surface area contributed by atoms with Crippen molar-refractivity contribution in [2.45, 2.75) is 37.7 Å². The predicted molar refractivity (Wildman–Crippen MR) is 69.6 cm³/mol. The lowest BCUT2D eigenvalue weighted by Gasteiger charge is -2.11. The summed E-state index contributed by atoms with van der Waals surface area (Å²) in [4.78, 5) is 0.268. The van der Waals surface area contributed by atoms with E-state index >= 15 is 0 Å². The molecule has 18 heavy (non-hydrogen) atoms. The lowest BCUT2D eigenvalue weighted by molar-refractivity contribution is 0.280. The highest BCUT2D eigenvalue weighted by atomic mass is 32.2. The molecular formula is C13H19NO3S. The molecule has 100 valence electrons. The van der Waals surface area contributed by atoms with E-state index in [4.69, 9.17) is 5.11 Å². The molecule has 0 atom stereocenters. The summed E-state index contributed by atoms with van der Waals surface area (Å²) in [5.41, 5.74) is 1.28. The molecule has 5 heteroatoms. The number of rotatable bonds is 6. The van der Waals surface area contributed by atoms with Gasteiger partial charge in [0.05, 0.1) is 11.5 Å². The van der Waals surface area contributed by atoms with Crippen LogP contribution in [0.15, 0.2) is 23.1 Å². The van der Waals surface area contributed by atoms with Crippen molar-refractivity contribution in [2.24, 2.45) is 5.92 Å². The molecule has 0 unspecified atom stereocenters. The molecular weight excluding hydrogens is 250 g/mol. The Bertz CT molecular complexity index is 521. The second kappa shape index (κ2) is 5.38. The van der Waals surface area contributed by atoms with Gasteiger partial charge in [-0.2, -0.15) is 0 Å². The van der Waals surface area contributed by atoms with Crippen molar-refractivity contribution in [3.63, 3.8) is 0 Å². The summed E-state index contributed by atoms with van der Waals surface area (Å²) in [5.74, 6) is 0.706. The van der Waals surface area contributed by atoms with Crippen LogP contribution >= 0.6 is 0 Å². The molecule has 0 bridgehead atoms. The van der Waals surface area contributed by atoms with E-state index < -0.39 is 10.0 Å². The van der Waals surface area contributed by atoms with Gasteiger partial charge in [-0.3, -0.25) is 0 Å². The molecule has 0 spiro atoms. The highest BCUT2D eigenvalue weighted by molar-refractivity contribution is 7.89. The molecule has 1 aliphatic carbocycles. The standard InChI is InChI=1S/C13H19NO3S/c1-10-12(9-15)3-2-4-13(10)18(16,17)14-8-7-11-5-6-11/h2-4,11,14-15H,5-9H2,1H3. The fraction of sp³-hybridized carbons (Fsp3) is 0.538. The summed E-state index contributed by atoms with van der Waals surface area (Å²) in [6.07, 6.45) is 3.36. The SMILES string of the molecule is Cc1c(CO)cccc1S(=O)(=O)NCCC1CC1. The maximum Gasteiger partial charge on any atom is 0.240 e. The smallest absolute Gasteiger partial charge is 0.240 e. The van der Waals surface area contributed by atoms with Gasteiger partial charge in [-0.15, -0.1) is 0 Å². The summed E-state index contributed by atoms with van der Waals surface area (Å²) in [7, 11) is -3.45. The third-order valence-corrected chi connectivity index (χ3v) is 5.00. The number of benzene rings is 1. The van der Waals surface area contributed by atoms with Gasteiger partial charge in [0.2, 0.25) is 10.0 Å². The Hall–Kier alpha value is -0.910. The van der Waals surface area contributed by atoms with Gasteiger partial charge in [-0.05, 0) is 36.5 Å². The first-order chi connectivity index (χ1) is 8.54. The van der Waals surface area contributed by atoms with Gasteiger partial charge in [0.25, 0.3) is 0 Å². The lowest BCUT2D eigenvalue weighted by Crippen LogP contribution is -2.26. The molecule has 0 aromatic heterocycles. The monoisotopic (exact) mass is 269 g/mol. The largest absolute Gasteiger partial charge is 0.392 e. The number of nitrogens with one attached hydrogen (secondary N) is 1. The molecule has 0 aliphatic heterocycles. The van der Waals surface area contributed by atoms with E-state index in [-0.39, 0.29) is 11.5 Å². The van der Waals surface area contributed by atoms with E-state index in [9.17, 15) is 8.42 Å². The number of aliphatic hydroxyl groups is 1. The van der Waals surface area contributed by atoms with Crippen LogP contribution in [-0.2, 0) is 16.6 Å². The summed E-state index contributed by atoms with van der Waals surface area (Å²) in [6.45, 7) is 2.08. The fourth-order valence-corrected chi connectivity index (χ4v) is 3.34. The van der Waals surface area contributed by atoms with E-state index in [1.165, 1.54) is 12.8 Å². The van der Waals surface area contributed by atoms with Crippen LogP contribution < -0.4 is 4.72 Å². The Morgan fingerprint density at radius 1 is 1.39 bits per heavy atom. The molecule has 1 aromatic rings. The van der Waals surface area contributed by atoms with Crippen molar-refractivity contribution >= 4 is 10.0 Å². The van der Waals surface area contributed by atoms with Crippen LogP contribution in [0.5, 0.6) is 0 Å². The van der Waals surface area contributed by atoms with Gasteiger partial charge in [-0.25, -0.2) is 13.1 Å². The first-order valence-electron chi connectivity index (χ1n) is 6.23. The first kappa shape index (κ1) is 13.5. The molecule has 0 amide bonds. The zero-order valence-electron chi connectivity index (χ0n) is 10.5. The highest BCUT2D eigenvalue weighted by Gasteiger charge is 2.23. The van der Waals surface area contributed by atoms with Crippen LogP contribution in [0, 0.1) is 12.8 Å². The first-order valence-corrected chi connectivity index (χ1v) is 7.72. The maximum atomic E-state index is 12.1. The average molecular weight is 269 g/mol. The Morgan fingerprint density at radius 3 is 2.72 bits per heavy atom. The van der Waals surface area contributed by atoms with Crippen LogP contribution in [0.1, 0.15) is 30.4 Å². The molecule has 1 saturated carbocycles. The van der Waals surface area contributed by atoms with Gasteiger partial charge in [0.15, 0.2) is 0 Å². The molecule has 0 heterocycles. The van der Waals surface area contributed by atoms with Gasteiger partial charge in [0, 0.05) is 6.54 Å². The number of hydrogen-bond acceptors (Lipinski definition) is 3. The quantitative estimate of drug-likeness (QED) is 0.823. The second-order valence-electron chi connectivity index (χ2n) is 4.83. The summed E-state index contributed by atoms with van der Waals surface area (Å²) >= 11 is 0. The van der Waals surface area contributed by atoms with Crippen molar-refractivity contribution < 1.29 is 13.5 Å². The van der Waals surface area contributed by atoms with Crippen molar-refractivity contribution in [2.75, 3.05) is 6.54 Å². The van der Waals surface area contributed by atoms with Crippen LogP contribution in [0.25, 0.3) is 0 Å². The number of sulfonamides is 1. The van der Waals surface area contributed by atoms with Crippen LogP contribution in [0.4, 0.5) is 0 Å². The fourth-order valence-electron chi connectivity index (χ4n) is 2.00. The van der Waals surface area contributed by atoms with Crippen molar-refractivity contribution in [1.82, 2.24) is 4.72 Å². The normalized spacial score (nSPS) is 15.9. The molecule has 1 fully saturated rings. The minimum Gasteiger partial charge on any atom is -0.392 e. The topological polar surface area (TPSA) is 66.4 Å². The second-order valence-corrected chi connectivity index (χ2v) is 6.56. The molecule has 1 aliphatic rings. The molecule has 2 rings (SSSR count). The van der Waals surface area contributed by atoms with Gasteiger partial charge >= 0.3 is 0 Å². The van der Waals surface area contributed by atoms with E-state index in [0.29, 0.717) is 23.6 Å². The van der Waals surface area contributed by atoms with Crippen LogP contribution in [-0.4, -0.2) is 20.1 Å². The summed E-state index contributed by atoms with van der Waals surface area (Å²) in [5, 5.41) is 9.15. The Morgan fingerprint density at radius 2 is 2.11 bits per heavy atom. The van der Waals surface area contributed by atoms with Crippen LogP contribution in [0.2, 0.25) is 0 Å². The van der Waals surface area contributed by atoms with E-state index in [2.05, 4.69) is 4.72 Å². The van der Waals surface area contributed by atoms with Gasteiger partial charge in [0.1, 0.15) is 0 Å². The maximum absolute atomic E-state index is 12.1. The third-order valence-electron chi connectivity index (χ3n) is 3.40. The predicted octanol–water partition coefficient (Wildman–Crippen LogP) is 1.57. The zero-order valence-corrected chi connectivity index (χ0v) is 11.3. The average Bonchev–Trinajstić information content (AvgIpc) is 3.13. The van der Waals surface area contributed by atoms with Crippen molar-refractivity contribution in [3.8, 4) is 0 Å². The molecule has 0 saturated heterocycles. The van der Waals surface area contributed by atoms with Crippen molar-refractivity contribution in [3.05, 3.63) is 29.3 Å². The van der Waals surface area contributed by atoms with Crippen molar-refractivity contribution in [1.29, 1.82) is 0 Å². The number of aliphatic hydroxyl groups excluding tert-OH is 1. The molecule has 2 N–H and O–H groups in total. The van der Waals surface area contributed by atoms with E-state index in [0.717, 1.165) is 6.42 Å². The number of hydrogen-bond donors (Lipinski definition) is 2. The third kappa shape index (κ3) is 3.10. The summed E-state index contributed by atoms with van der Waals surface area (Å²) < 4.78 is 26.9. The van der Waals surface area contributed by atoms with Gasteiger partial charge in [-0.1, -0.05) is 25.0 Å². The van der Waals surface area contributed by atoms with Crippen LogP contribution in [0.3, 0.4) is 0 Å². The Balaban J connectivity index is 2.12. The minimum absolute atomic E-state index is 0.142. The molecule has 0 radical (unpaired) electrons. The molecule has 1 aromatic carbocycles. The van der Waals surface area contributed by atoms with E-state index in [1.54, 1.807) is 25.1 Å².